The Morgan fingerprint density at radius 3 is 2.38 bits per heavy atom. The largest absolute Gasteiger partial charge is 0.462 e. The molecule has 8 heteroatoms. The van der Waals surface area contributed by atoms with E-state index in [4.69, 9.17) is 23.6 Å². The number of hydrogen-bond donors (Lipinski definition) is 0. The number of carbonyl (C=O) groups is 1. The molecule has 1 saturated heterocycles. The highest BCUT2D eigenvalue weighted by molar-refractivity contribution is 6.76. The molecule has 0 amide bonds. The third kappa shape index (κ3) is 10.2. The van der Waals surface area contributed by atoms with Crippen LogP contribution in [0.5, 0.6) is 0 Å². The fourth-order valence-electron chi connectivity index (χ4n) is 5.64. The number of fused-ring (bicyclic) bond motifs is 1. The molecular weight excluding hydrogens is 595 g/mol. The van der Waals surface area contributed by atoms with E-state index in [-0.39, 0.29) is 29.3 Å². The minimum absolute atomic E-state index is 0.0688. The third-order valence-corrected chi connectivity index (χ3v) is 16.0. The first-order valence-electron chi connectivity index (χ1n) is 17.2. The van der Waals surface area contributed by atoms with Crippen molar-refractivity contribution in [1.29, 1.82) is 0 Å². The van der Waals surface area contributed by atoms with Gasteiger partial charge in [-0.15, -0.1) is 0 Å². The van der Waals surface area contributed by atoms with E-state index in [1.54, 1.807) is 0 Å². The van der Waals surface area contributed by atoms with E-state index in [0.29, 0.717) is 24.0 Å². The van der Waals surface area contributed by atoms with Crippen molar-refractivity contribution in [1.82, 2.24) is 0 Å². The van der Waals surface area contributed by atoms with Crippen LogP contribution < -0.4 is 0 Å². The molecular formula is C37H63NO5Si2. The van der Waals surface area contributed by atoms with Gasteiger partial charge in [0.25, 0.3) is 0 Å². The van der Waals surface area contributed by atoms with Gasteiger partial charge in [-0.05, 0) is 92.7 Å². The Kier molecular flexibility index (Phi) is 12.3. The number of ether oxygens (including phenoxy) is 3. The predicted octanol–water partition coefficient (Wildman–Crippen LogP) is 9.83. The van der Waals surface area contributed by atoms with Crippen LogP contribution in [0, 0.1) is 18.8 Å². The summed E-state index contributed by atoms with van der Waals surface area (Å²) >= 11 is 0. The maximum Gasteiger partial charge on any atom is 0.338 e. The molecule has 254 valence electrons. The van der Waals surface area contributed by atoms with Crippen molar-refractivity contribution in [3.8, 4) is 0 Å². The molecule has 4 atom stereocenters. The van der Waals surface area contributed by atoms with Crippen LogP contribution in [0.25, 0.3) is 0 Å². The first-order valence-corrected chi connectivity index (χ1v) is 23.8. The van der Waals surface area contributed by atoms with Gasteiger partial charge < -0.3 is 18.6 Å². The van der Waals surface area contributed by atoms with E-state index >= 15 is 0 Å². The van der Waals surface area contributed by atoms with E-state index in [1.807, 2.05) is 27.0 Å². The molecule has 3 rings (SSSR count). The third-order valence-electron chi connectivity index (χ3n) is 9.85. The smallest absolute Gasteiger partial charge is 0.338 e. The molecule has 0 N–H and O–H groups in total. The van der Waals surface area contributed by atoms with Crippen LogP contribution in [0.15, 0.2) is 23.2 Å². The van der Waals surface area contributed by atoms with E-state index < -0.39 is 22.2 Å². The van der Waals surface area contributed by atoms with E-state index in [0.717, 1.165) is 48.5 Å². The zero-order valence-corrected chi connectivity index (χ0v) is 32.9. The molecule has 0 radical (unpaired) electrons. The summed E-state index contributed by atoms with van der Waals surface area (Å²) in [6.45, 7) is 31.6. The van der Waals surface area contributed by atoms with Gasteiger partial charge in [0.2, 0.25) is 0 Å². The number of nitrogens with zero attached hydrogens (tertiary/aromatic N) is 1. The lowest BCUT2D eigenvalue weighted by Gasteiger charge is -2.40. The van der Waals surface area contributed by atoms with E-state index in [2.05, 4.69) is 92.5 Å². The van der Waals surface area contributed by atoms with Gasteiger partial charge in [0.05, 0.1) is 30.1 Å². The Morgan fingerprint density at radius 2 is 1.78 bits per heavy atom. The van der Waals surface area contributed by atoms with Crippen LogP contribution in [0.2, 0.25) is 43.8 Å². The Bertz CT molecular complexity index is 1240. The lowest BCUT2D eigenvalue weighted by molar-refractivity contribution is -0.152. The van der Waals surface area contributed by atoms with Crippen molar-refractivity contribution in [2.24, 2.45) is 16.8 Å². The lowest BCUT2D eigenvalue weighted by atomic mass is 9.91. The molecule has 1 fully saturated rings. The Labute approximate surface area is 276 Å². The summed E-state index contributed by atoms with van der Waals surface area (Å²) < 4.78 is 26.1. The van der Waals surface area contributed by atoms with Gasteiger partial charge in [-0.3, -0.25) is 4.99 Å². The quantitative estimate of drug-likeness (QED) is 0.113. The molecule has 0 aromatic heterocycles. The highest BCUT2D eigenvalue weighted by Gasteiger charge is 2.48. The monoisotopic (exact) mass is 657 g/mol. The second-order valence-corrected chi connectivity index (χ2v) is 27.3. The number of esters is 1. The molecule has 0 saturated carbocycles. The highest BCUT2D eigenvalue weighted by atomic mass is 28.4. The normalized spacial score (nSPS) is 21.5. The molecule has 1 aromatic rings. The van der Waals surface area contributed by atoms with Crippen LogP contribution in [0.3, 0.4) is 0 Å². The zero-order valence-electron chi connectivity index (χ0n) is 30.9. The molecule has 1 aromatic carbocycles. The first kappa shape index (κ1) is 37.9. The number of benzene rings is 1. The van der Waals surface area contributed by atoms with Crippen molar-refractivity contribution >= 4 is 34.3 Å². The standard InChI is InChI=1S/C37H63NO5Si2/c1-25(2)26(3)18-19-31(43-45(13,14)36(5,6)7)34-30(41-37(8,9)42-34)17-15-16-29-32(35(39)40-22-23-44(10,11)12)27(4)24-28-20-21-38-33(28)29/h18-19,21,24-26,30-31,34H,15-17,20,22-23H2,1-14H3/b19-18-/t26-,30+,31?,34+/m1/s1. The number of allylic oxidation sites excluding steroid dienone is 1. The number of hydrogen-bond acceptors (Lipinski definition) is 6. The molecule has 0 aliphatic carbocycles. The maximum absolute atomic E-state index is 13.5. The van der Waals surface area contributed by atoms with E-state index in [1.165, 1.54) is 5.56 Å². The van der Waals surface area contributed by atoms with Gasteiger partial charge >= 0.3 is 5.97 Å². The molecule has 45 heavy (non-hydrogen) atoms. The van der Waals surface area contributed by atoms with Gasteiger partial charge in [0.1, 0.15) is 6.10 Å². The average Bonchev–Trinajstić information content (AvgIpc) is 3.47. The predicted molar refractivity (Wildman–Crippen MR) is 193 cm³/mol. The van der Waals surface area contributed by atoms with Crippen LogP contribution in [0.1, 0.15) is 95.3 Å². The number of carbonyl (C=O) groups excluding carboxylic acids is 1. The summed E-state index contributed by atoms with van der Waals surface area (Å²) in [6, 6.07) is 3.07. The first-order chi connectivity index (χ1) is 20.6. The van der Waals surface area contributed by atoms with Gasteiger partial charge in [0.15, 0.2) is 14.1 Å². The summed E-state index contributed by atoms with van der Waals surface area (Å²) in [4.78, 5) is 18.2. The Balaban J connectivity index is 1.86. The van der Waals surface area contributed by atoms with Crippen molar-refractivity contribution < 1.29 is 23.4 Å². The SMILES string of the molecule is Cc1cc2c(c(CCC[C@@H]3OC(C)(C)O[C@@H]3C(/C=C\[C@@H](C)C(C)C)O[Si](C)(C)C(C)(C)C)c1C(=O)OCC[Si](C)(C)C)N=CC2. The summed E-state index contributed by atoms with van der Waals surface area (Å²) in [7, 11) is -3.42. The van der Waals surface area contributed by atoms with Crippen LogP contribution in [-0.4, -0.2) is 59.3 Å². The van der Waals surface area contributed by atoms with E-state index in [9.17, 15) is 4.79 Å². The Hall–Kier alpha value is -1.59. The summed E-state index contributed by atoms with van der Waals surface area (Å²) in [5.74, 6) is 0.0367. The van der Waals surface area contributed by atoms with Crippen molar-refractivity contribution in [3.63, 3.8) is 0 Å². The van der Waals surface area contributed by atoms with Crippen LogP contribution >= 0.6 is 0 Å². The molecule has 2 heterocycles. The summed E-state index contributed by atoms with van der Waals surface area (Å²) in [5, 5.41) is 0.0688. The highest BCUT2D eigenvalue weighted by Crippen LogP contribution is 2.41. The molecule has 2 aliphatic heterocycles. The second-order valence-electron chi connectivity index (χ2n) is 16.9. The zero-order chi connectivity index (χ0) is 34.0. The summed E-state index contributed by atoms with van der Waals surface area (Å²) in [5.41, 5.74) is 4.80. The number of aryl methyl sites for hydroxylation is 1. The maximum atomic E-state index is 13.5. The minimum Gasteiger partial charge on any atom is -0.462 e. The molecule has 2 aliphatic rings. The van der Waals surface area contributed by atoms with Crippen molar-refractivity contribution in [2.45, 2.75) is 156 Å². The lowest BCUT2D eigenvalue weighted by Crippen LogP contribution is -2.48. The number of rotatable bonds is 14. The Morgan fingerprint density at radius 1 is 1.11 bits per heavy atom. The second kappa shape index (κ2) is 14.7. The van der Waals surface area contributed by atoms with Crippen molar-refractivity contribution in [2.75, 3.05) is 6.61 Å². The number of aliphatic imine (C=N–C) groups is 1. The van der Waals surface area contributed by atoms with Gasteiger partial charge in [-0.25, -0.2) is 4.79 Å². The van der Waals surface area contributed by atoms with Gasteiger partial charge in [-0.1, -0.05) is 79.4 Å². The minimum atomic E-state index is -2.11. The fraction of sp³-hybridized carbons (Fsp3) is 0.730. The summed E-state index contributed by atoms with van der Waals surface area (Å²) in [6.07, 6.45) is 9.07. The molecule has 0 bridgehead atoms. The topological polar surface area (TPSA) is 66.4 Å². The fourth-order valence-corrected chi connectivity index (χ4v) is 7.60. The molecule has 1 unspecified atom stereocenters. The van der Waals surface area contributed by atoms with Crippen LogP contribution in [0.4, 0.5) is 5.69 Å². The van der Waals surface area contributed by atoms with Crippen LogP contribution in [-0.2, 0) is 31.5 Å². The molecule has 0 spiro atoms. The van der Waals surface area contributed by atoms with Gasteiger partial charge in [-0.2, -0.15) is 0 Å². The average molecular weight is 658 g/mol. The molecule has 6 nitrogen and oxygen atoms in total. The van der Waals surface area contributed by atoms with Gasteiger partial charge in [0, 0.05) is 20.7 Å². The van der Waals surface area contributed by atoms with Crippen molar-refractivity contribution in [3.05, 3.63) is 40.5 Å².